The van der Waals surface area contributed by atoms with Crippen LogP contribution in [0.15, 0.2) is 23.6 Å². The third kappa shape index (κ3) is 3.53. The van der Waals surface area contributed by atoms with E-state index in [9.17, 15) is 4.79 Å². The van der Waals surface area contributed by atoms with E-state index < -0.39 is 0 Å². The minimum atomic E-state index is 0.157. The van der Waals surface area contributed by atoms with Crippen molar-refractivity contribution in [2.75, 3.05) is 12.4 Å². The molecule has 3 rings (SSSR count). The zero-order valence-corrected chi connectivity index (χ0v) is 14.7. The third-order valence-corrected chi connectivity index (χ3v) is 5.45. The van der Waals surface area contributed by atoms with Gasteiger partial charge in [-0.2, -0.15) is 0 Å². The summed E-state index contributed by atoms with van der Waals surface area (Å²) in [5.74, 6) is 0.569. The maximum absolute atomic E-state index is 12.6. The summed E-state index contributed by atoms with van der Waals surface area (Å²) in [5, 5.41) is 0.867. The van der Waals surface area contributed by atoms with Crippen molar-refractivity contribution in [3.05, 3.63) is 35.4 Å². The summed E-state index contributed by atoms with van der Waals surface area (Å²) < 4.78 is 9.87. The van der Waals surface area contributed by atoms with Gasteiger partial charge >= 0.3 is 0 Å². The Morgan fingerprint density at radius 3 is 2.96 bits per heavy atom. The summed E-state index contributed by atoms with van der Waals surface area (Å²) in [4.78, 5) is 16.8. The van der Waals surface area contributed by atoms with Crippen LogP contribution >= 0.6 is 11.8 Å². The summed E-state index contributed by atoms with van der Waals surface area (Å²) in [6.45, 7) is 5.79. The molecular weight excluding hydrogens is 310 g/mol. The number of carbonyl (C=O) groups is 1. The molecule has 0 N–H and O–H groups in total. The van der Waals surface area contributed by atoms with E-state index in [0.29, 0.717) is 5.75 Å². The van der Waals surface area contributed by atoms with E-state index >= 15 is 0 Å². The van der Waals surface area contributed by atoms with Gasteiger partial charge in [0, 0.05) is 49.5 Å². The molecule has 2 aromatic heterocycles. The number of ether oxygens (including phenoxy) is 1. The Hall–Kier alpha value is -1.53. The molecule has 1 fully saturated rings. The van der Waals surface area contributed by atoms with Crippen LogP contribution in [0.4, 0.5) is 0 Å². The minimum absolute atomic E-state index is 0.157. The van der Waals surface area contributed by atoms with Crippen molar-refractivity contribution < 1.29 is 9.53 Å². The molecule has 2 aromatic rings. The van der Waals surface area contributed by atoms with Crippen molar-refractivity contribution in [2.45, 2.75) is 44.5 Å². The lowest BCUT2D eigenvalue weighted by Gasteiger charge is -2.14. The van der Waals surface area contributed by atoms with Crippen LogP contribution in [0.25, 0.3) is 0 Å². The largest absolute Gasteiger partial charge is 0.376 e. The smallest absolute Gasteiger partial charge is 0.175 e. The van der Waals surface area contributed by atoms with E-state index in [1.807, 2.05) is 30.8 Å². The zero-order valence-electron chi connectivity index (χ0n) is 13.9. The normalized spacial score (nSPS) is 17.8. The standard InChI is InChI=1S/C17H23N3O2S/c1-12-9-15(13(2)20(12)10-14-5-4-8-22-14)16(21)11-23-17-18-6-7-19(17)3/h6-7,9,14H,4-5,8,10-11H2,1-3H3/t14-/m1/s1. The number of Topliss-reactive ketones (excluding diaryl/α,β-unsaturated/α-hetero) is 1. The van der Waals surface area contributed by atoms with Gasteiger partial charge in [-0.1, -0.05) is 11.8 Å². The molecule has 0 amide bonds. The van der Waals surface area contributed by atoms with E-state index in [4.69, 9.17) is 4.74 Å². The van der Waals surface area contributed by atoms with Crippen LogP contribution in [0.5, 0.6) is 0 Å². The predicted molar refractivity (Wildman–Crippen MR) is 91.1 cm³/mol. The zero-order chi connectivity index (χ0) is 16.4. The number of hydrogen-bond donors (Lipinski definition) is 0. The summed E-state index contributed by atoms with van der Waals surface area (Å²) in [6, 6.07) is 2.01. The highest BCUT2D eigenvalue weighted by Crippen LogP contribution is 2.23. The van der Waals surface area contributed by atoms with Crippen molar-refractivity contribution in [3.8, 4) is 0 Å². The number of thioether (sulfide) groups is 1. The molecule has 0 aromatic carbocycles. The summed E-state index contributed by atoms with van der Waals surface area (Å²) in [7, 11) is 1.94. The Morgan fingerprint density at radius 2 is 2.30 bits per heavy atom. The molecule has 0 radical (unpaired) electrons. The fourth-order valence-electron chi connectivity index (χ4n) is 3.06. The third-order valence-electron chi connectivity index (χ3n) is 4.39. The van der Waals surface area contributed by atoms with E-state index in [1.165, 1.54) is 11.8 Å². The van der Waals surface area contributed by atoms with Gasteiger partial charge in [-0.15, -0.1) is 0 Å². The Morgan fingerprint density at radius 1 is 1.48 bits per heavy atom. The van der Waals surface area contributed by atoms with Crippen LogP contribution in [-0.2, 0) is 18.3 Å². The van der Waals surface area contributed by atoms with E-state index in [0.717, 1.165) is 48.1 Å². The second-order valence-electron chi connectivity index (χ2n) is 6.06. The van der Waals surface area contributed by atoms with Gasteiger partial charge in [0.15, 0.2) is 10.9 Å². The molecule has 0 bridgehead atoms. The van der Waals surface area contributed by atoms with Gasteiger partial charge in [0.2, 0.25) is 0 Å². The van der Waals surface area contributed by atoms with Gasteiger partial charge in [0.1, 0.15) is 0 Å². The topological polar surface area (TPSA) is 49.0 Å². The number of aryl methyl sites for hydroxylation is 2. The maximum atomic E-state index is 12.6. The van der Waals surface area contributed by atoms with E-state index in [2.05, 4.69) is 16.5 Å². The van der Waals surface area contributed by atoms with Crippen LogP contribution < -0.4 is 0 Å². The lowest BCUT2D eigenvalue weighted by Crippen LogP contribution is -2.17. The molecule has 0 saturated carbocycles. The molecule has 124 valence electrons. The first-order valence-electron chi connectivity index (χ1n) is 7.98. The summed E-state index contributed by atoms with van der Waals surface area (Å²) in [6.07, 6.45) is 6.16. The second-order valence-corrected chi connectivity index (χ2v) is 7.01. The first-order chi connectivity index (χ1) is 11.1. The number of ketones is 1. The first-order valence-corrected chi connectivity index (χ1v) is 8.96. The van der Waals surface area contributed by atoms with Gasteiger partial charge in [-0.3, -0.25) is 4.79 Å². The molecule has 1 aliphatic heterocycles. The average Bonchev–Trinajstić information content (AvgIpc) is 3.23. The quantitative estimate of drug-likeness (QED) is 0.602. The molecule has 1 atom stereocenters. The molecule has 3 heterocycles. The van der Waals surface area contributed by atoms with Gasteiger partial charge in [-0.25, -0.2) is 4.98 Å². The Labute approximate surface area is 141 Å². The van der Waals surface area contributed by atoms with Crippen molar-refractivity contribution >= 4 is 17.5 Å². The van der Waals surface area contributed by atoms with Crippen LogP contribution in [0, 0.1) is 13.8 Å². The Kier molecular flexibility index (Phi) is 4.92. The number of carbonyl (C=O) groups excluding carboxylic acids is 1. The fraction of sp³-hybridized carbons (Fsp3) is 0.529. The Balaban J connectivity index is 1.69. The average molecular weight is 333 g/mol. The van der Waals surface area contributed by atoms with Crippen LogP contribution in [0.1, 0.15) is 34.6 Å². The second kappa shape index (κ2) is 6.93. The molecule has 23 heavy (non-hydrogen) atoms. The van der Waals surface area contributed by atoms with E-state index in [-0.39, 0.29) is 11.9 Å². The molecule has 5 nitrogen and oxygen atoms in total. The first kappa shape index (κ1) is 16.3. The lowest BCUT2D eigenvalue weighted by atomic mass is 10.2. The van der Waals surface area contributed by atoms with Gasteiger partial charge in [-0.05, 0) is 32.8 Å². The van der Waals surface area contributed by atoms with Crippen molar-refractivity contribution in [2.24, 2.45) is 7.05 Å². The van der Waals surface area contributed by atoms with Gasteiger partial charge in [0.25, 0.3) is 0 Å². The highest BCUT2D eigenvalue weighted by atomic mass is 32.2. The van der Waals surface area contributed by atoms with Gasteiger partial charge < -0.3 is 13.9 Å². The van der Waals surface area contributed by atoms with Crippen LogP contribution in [-0.4, -0.2) is 38.4 Å². The van der Waals surface area contributed by atoms with Gasteiger partial charge in [0.05, 0.1) is 11.9 Å². The predicted octanol–water partition coefficient (Wildman–Crippen LogP) is 2.99. The lowest BCUT2D eigenvalue weighted by molar-refractivity contribution is 0.0957. The highest BCUT2D eigenvalue weighted by molar-refractivity contribution is 7.99. The monoisotopic (exact) mass is 333 g/mol. The van der Waals surface area contributed by atoms with E-state index in [1.54, 1.807) is 6.20 Å². The summed E-state index contributed by atoms with van der Waals surface area (Å²) >= 11 is 1.48. The number of hydrogen-bond acceptors (Lipinski definition) is 4. The van der Waals surface area contributed by atoms with Crippen LogP contribution in [0.2, 0.25) is 0 Å². The minimum Gasteiger partial charge on any atom is -0.376 e. The number of rotatable bonds is 6. The van der Waals surface area contributed by atoms with Crippen molar-refractivity contribution in [1.29, 1.82) is 0 Å². The number of nitrogens with zero attached hydrogens (tertiary/aromatic N) is 3. The highest BCUT2D eigenvalue weighted by Gasteiger charge is 2.21. The number of imidazole rings is 1. The van der Waals surface area contributed by atoms with Crippen LogP contribution in [0.3, 0.4) is 0 Å². The molecule has 1 aliphatic rings. The van der Waals surface area contributed by atoms with Crippen molar-refractivity contribution in [3.63, 3.8) is 0 Å². The molecule has 1 saturated heterocycles. The fourth-order valence-corrected chi connectivity index (χ4v) is 3.87. The molecule has 0 aliphatic carbocycles. The van der Waals surface area contributed by atoms with Crippen molar-refractivity contribution in [1.82, 2.24) is 14.1 Å². The number of aromatic nitrogens is 3. The maximum Gasteiger partial charge on any atom is 0.175 e. The summed E-state index contributed by atoms with van der Waals surface area (Å²) in [5.41, 5.74) is 2.99. The molecular formula is C17H23N3O2S. The molecule has 0 spiro atoms. The Bertz CT molecular complexity index is 699. The SMILES string of the molecule is Cc1cc(C(=O)CSc2nccn2C)c(C)n1C[C@H]1CCCO1. The molecule has 6 heteroatoms. The molecule has 0 unspecified atom stereocenters.